The highest BCUT2D eigenvalue weighted by Crippen LogP contribution is 2.22. The van der Waals surface area contributed by atoms with E-state index >= 15 is 0 Å². The first kappa shape index (κ1) is 20.8. The van der Waals surface area contributed by atoms with Crippen LogP contribution in [0.25, 0.3) is 0 Å². The highest BCUT2D eigenvalue weighted by Gasteiger charge is 2.15. The lowest BCUT2D eigenvalue weighted by Crippen LogP contribution is -2.37. The first-order valence-corrected chi connectivity index (χ1v) is 10.3. The average Bonchev–Trinajstić information content (AvgIpc) is 2.77. The van der Waals surface area contributed by atoms with Crippen molar-refractivity contribution in [2.75, 3.05) is 25.6 Å². The van der Waals surface area contributed by atoms with Crippen LogP contribution in [0.4, 0.5) is 10.5 Å². The zero-order valence-corrected chi connectivity index (χ0v) is 17.1. The van der Waals surface area contributed by atoms with Gasteiger partial charge in [0.15, 0.2) is 0 Å². The van der Waals surface area contributed by atoms with Crippen molar-refractivity contribution in [3.05, 3.63) is 84.3 Å². The van der Waals surface area contributed by atoms with E-state index in [2.05, 4.69) is 15.3 Å². The second-order valence-corrected chi connectivity index (χ2v) is 7.32. The van der Waals surface area contributed by atoms with Crippen LogP contribution in [0, 0.1) is 0 Å². The molecule has 0 unspecified atom stereocenters. The van der Waals surface area contributed by atoms with Gasteiger partial charge in [-0.05, 0) is 42.0 Å². The smallest absolute Gasteiger partial charge is 0.322 e. The molecule has 2 aromatic heterocycles. The SMILES string of the molecule is COCCN(Cc1ccccn1)C(=O)Nc1cccc(CSc2ccccn2)c1. The fraction of sp³-hybridized carbons (Fsp3) is 0.227. The number of ether oxygens (including phenoxy) is 1. The van der Waals surface area contributed by atoms with Gasteiger partial charge in [-0.15, -0.1) is 11.8 Å². The maximum atomic E-state index is 12.8. The molecule has 1 aromatic carbocycles. The maximum Gasteiger partial charge on any atom is 0.322 e. The molecule has 6 nitrogen and oxygen atoms in total. The van der Waals surface area contributed by atoms with Crippen molar-refractivity contribution >= 4 is 23.5 Å². The van der Waals surface area contributed by atoms with Crippen molar-refractivity contribution in [1.29, 1.82) is 0 Å². The van der Waals surface area contributed by atoms with E-state index < -0.39 is 0 Å². The summed E-state index contributed by atoms with van der Waals surface area (Å²) in [5.41, 5.74) is 2.71. The molecule has 0 saturated carbocycles. The predicted octanol–water partition coefficient (Wildman–Crippen LogP) is 4.45. The monoisotopic (exact) mass is 408 g/mol. The Morgan fingerprint density at radius 1 is 1.07 bits per heavy atom. The lowest BCUT2D eigenvalue weighted by atomic mass is 10.2. The molecular weight excluding hydrogens is 384 g/mol. The Morgan fingerprint density at radius 2 is 1.90 bits per heavy atom. The molecular formula is C22H24N4O2S. The number of benzene rings is 1. The van der Waals surface area contributed by atoms with Crippen LogP contribution >= 0.6 is 11.8 Å². The Morgan fingerprint density at radius 3 is 2.62 bits per heavy atom. The summed E-state index contributed by atoms with van der Waals surface area (Å²) >= 11 is 1.66. The van der Waals surface area contributed by atoms with Crippen molar-refractivity contribution in [3.63, 3.8) is 0 Å². The van der Waals surface area contributed by atoms with Gasteiger partial charge < -0.3 is 15.0 Å². The molecule has 0 fully saturated rings. The summed E-state index contributed by atoms with van der Waals surface area (Å²) in [6, 6.07) is 19.2. The number of carbonyl (C=O) groups excluding carboxylic acids is 1. The first-order chi connectivity index (χ1) is 14.2. The zero-order valence-electron chi connectivity index (χ0n) is 16.3. The molecule has 0 atom stereocenters. The third-order valence-electron chi connectivity index (χ3n) is 4.13. The van der Waals surface area contributed by atoms with Crippen LogP contribution in [0.3, 0.4) is 0 Å². The molecule has 29 heavy (non-hydrogen) atoms. The van der Waals surface area contributed by atoms with Gasteiger partial charge in [0.2, 0.25) is 0 Å². The fourth-order valence-corrected chi connectivity index (χ4v) is 3.48. The molecule has 1 N–H and O–H groups in total. The largest absolute Gasteiger partial charge is 0.383 e. The minimum atomic E-state index is -0.178. The Kier molecular flexibility index (Phi) is 8.03. The van der Waals surface area contributed by atoms with Crippen molar-refractivity contribution in [1.82, 2.24) is 14.9 Å². The van der Waals surface area contributed by atoms with Crippen molar-refractivity contribution < 1.29 is 9.53 Å². The fourth-order valence-electron chi connectivity index (χ4n) is 2.67. The Bertz CT molecular complexity index is 894. The number of hydrogen-bond donors (Lipinski definition) is 1. The molecule has 0 spiro atoms. The van der Waals surface area contributed by atoms with Gasteiger partial charge in [-0.1, -0.05) is 24.3 Å². The van der Waals surface area contributed by atoms with Crippen molar-refractivity contribution in [2.24, 2.45) is 0 Å². The molecule has 3 rings (SSSR count). The number of carbonyl (C=O) groups is 1. The maximum absolute atomic E-state index is 12.8. The van der Waals surface area contributed by atoms with E-state index in [-0.39, 0.29) is 6.03 Å². The number of thioether (sulfide) groups is 1. The Balaban J connectivity index is 1.62. The topological polar surface area (TPSA) is 67.3 Å². The third kappa shape index (κ3) is 6.89. The quantitative estimate of drug-likeness (QED) is 0.530. The van der Waals surface area contributed by atoms with E-state index in [1.54, 1.807) is 36.2 Å². The van der Waals surface area contributed by atoms with Crippen LogP contribution in [-0.4, -0.2) is 41.2 Å². The van der Waals surface area contributed by atoms with Crippen LogP contribution in [0.15, 0.2) is 78.1 Å². The first-order valence-electron chi connectivity index (χ1n) is 9.32. The van der Waals surface area contributed by atoms with Gasteiger partial charge in [-0.2, -0.15) is 0 Å². The molecule has 0 aliphatic rings. The summed E-state index contributed by atoms with van der Waals surface area (Å²) in [4.78, 5) is 23.2. The van der Waals surface area contributed by atoms with Crippen molar-refractivity contribution in [2.45, 2.75) is 17.3 Å². The van der Waals surface area contributed by atoms with Crippen molar-refractivity contribution in [3.8, 4) is 0 Å². The van der Waals surface area contributed by atoms with Gasteiger partial charge in [0.1, 0.15) is 0 Å². The summed E-state index contributed by atoms with van der Waals surface area (Å²) in [5, 5.41) is 3.96. The lowest BCUT2D eigenvalue weighted by Gasteiger charge is -2.22. The summed E-state index contributed by atoms with van der Waals surface area (Å²) in [6.45, 7) is 1.36. The highest BCUT2D eigenvalue weighted by atomic mass is 32.2. The van der Waals surface area contributed by atoms with E-state index in [1.807, 2.05) is 60.7 Å². The van der Waals surface area contributed by atoms with Crippen LogP contribution in [-0.2, 0) is 17.0 Å². The molecule has 2 heterocycles. The number of urea groups is 1. The number of aromatic nitrogens is 2. The molecule has 7 heteroatoms. The summed E-state index contributed by atoms with van der Waals surface area (Å²) in [5.74, 6) is 0.780. The summed E-state index contributed by atoms with van der Waals surface area (Å²) in [7, 11) is 1.62. The predicted molar refractivity (Wildman–Crippen MR) is 116 cm³/mol. The number of rotatable bonds is 9. The van der Waals surface area contributed by atoms with E-state index in [0.29, 0.717) is 19.7 Å². The second-order valence-electron chi connectivity index (χ2n) is 6.32. The van der Waals surface area contributed by atoms with Gasteiger partial charge in [0.25, 0.3) is 0 Å². The second kappa shape index (κ2) is 11.2. The molecule has 0 saturated heterocycles. The number of nitrogens with zero attached hydrogens (tertiary/aromatic N) is 3. The van der Waals surface area contributed by atoms with E-state index in [9.17, 15) is 4.79 Å². The number of amides is 2. The lowest BCUT2D eigenvalue weighted by molar-refractivity contribution is 0.152. The van der Waals surface area contributed by atoms with Crippen LogP contribution in [0.5, 0.6) is 0 Å². The summed E-state index contributed by atoms with van der Waals surface area (Å²) in [6.07, 6.45) is 3.51. The van der Waals surface area contributed by atoms with Gasteiger partial charge >= 0.3 is 6.03 Å². The normalized spacial score (nSPS) is 10.5. The van der Waals surface area contributed by atoms with E-state index in [4.69, 9.17) is 4.74 Å². The number of nitrogens with one attached hydrogen (secondary N) is 1. The Labute approximate surface area is 175 Å². The average molecular weight is 409 g/mol. The molecule has 150 valence electrons. The van der Waals surface area contributed by atoms with Crippen LogP contribution in [0.2, 0.25) is 0 Å². The van der Waals surface area contributed by atoms with Crippen LogP contribution < -0.4 is 5.32 Å². The van der Waals surface area contributed by atoms with Gasteiger partial charge in [-0.3, -0.25) is 4.98 Å². The number of anilines is 1. The minimum Gasteiger partial charge on any atom is -0.383 e. The molecule has 0 radical (unpaired) electrons. The molecule has 0 bridgehead atoms. The van der Waals surface area contributed by atoms with Crippen LogP contribution in [0.1, 0.15) is 11.3 Å². The number of methoxy groups -OCH3 is 1. The summed E-state index contributed by atoms with van der Waals surface area (Å²) < 4.78 is 5.15. The zero-order chi connectivity index (χ0) is 20.3. The molecule has 0 aliphatic carbocycles. The highest BCUT2D eigenvalue weighted by molar-refractivity contribution is 7.98. The van der Waals surface area contributed by atoms with Gasteiger partial charge in [0, 0.05) is 37.5 Å². The Hall–Kier alpha value is -2.90. The minimum absolute atomic E-state index is 0.178. The van der Waals surface area contributed by atoms with Gasteiger partial charge in [0.05, 0.1) is 23.9 Å². The molecule has 3 aromatic rings. The molecule has 0 aliphatic heterocycles. The molecule has 2 amide bonds. The van der Waals surface area contributed by atoms with E-state index in [1.165, 1.54) is 0 Å². The third-order valence-corrected chi connectivity index (χ3v) is 5.15. The number of hydrogen-bond acceptors (Lipinski definition) is 5. The standard InChI is InChI=1S/C22H24N4O2S/c1-28-14-13-26(16-20-8-2-4-11-23-20)22(27)25-19-9-6-7-18(15-19)17-29-21-10-3-5-12-24-21/h2-12,15H,13-14,16-17H2,1H3,(H,25,27). The van der Waals surface area contributed by atoms with Gasteiger partial charge in [-0.25, -0.2) is 9.78 Å². The number of pyridine rings is 2. The van der Waals surface area contributed by atoms with E-state index in [0.717, 1.165) is 27.7 Å².